The fourth-order valence-corrected chi connectivity index (χ4v) is 3.21. The van der Waals surface area contributed by atoms with Crippen molar-refractivity contribution < 1.29 is 4.74 Å². The van der Waals surface area contributed by atoms with Gasteiger partial charge in [0, 0.05) is 13.1 Å². The van der Waals surface area contributed by atoms with E-state index in [0.29, 0.717) is 5.88 Å². The summed E-state index contributed by atoms with van der Waals surface area (Å²) >= 11 is 0. The van der Waals surface area contributed by atoms with Crippen LogP contribution in [0.4, 0.5) is 5.82 Å². The molecule has 4 rings (SSSR count). The molecule has 0 aliphatic carbocycles. The molecule has 0 N–H and O–H groups in total. The van der Waals surface area contributed by atoms with E-state index in [1.165, 1.54) is 12.8 Å². The van der Waals surface area contributed by atoms with Crippen LogP contribution in [0.2, 0.25) is 0 Å². The molecule has 25 heavy (non-hydrogen) atoms. The summed E-state index contributed by atoms with van der Waals surface area (Å²) in [5.74, 6) is 2.23. The maximum absolute atomic E-state index is 6.25. The van der Waals surface area contributed by atoms with Gasteiger partial charge in [0.25, 0.3) is 5.88 Å². The fourth-order valence-electron chi connectivity index (χ4n) is 3.21. The van der Waals surface area contributed by atoms with E-state index >= 15 is 0 Å². The lowest BCUT2D eigenvalue weighted by molar-refractivity contribution is 0.458. The van der Waals surface area contributed by atoms with Gasteiger partial charge in [-0.2, -0.15) is 0 Å². The van der Waals surface area contributed by atoms with Gasteiger partial charge in [0.15, 0.2) is 5.82 Å². The Labute approximate surface area is 147 Å². The fraction of sp³-hybridized carbons (Fsp3) is 0.238. The van der Waals surface area contributed by atoms with Crippen LogP contribution in [0.25, 0.3) is 11.0 Å². The smallest absolute Gasteiger partial charge is 0.263 e. The Balaban J connectivity index is 1.79. The van der Waals surface area contributed by atoms with E-state index in [0.717, 1.165) is 47.7 Å². The van der Waals surface area contributed by atoms with Crippen LogP contribution in [0.5, 0.6) is 11.6 Å². The Bertz CT molecular complexity index is 901. The molecule has 1 aliphatic rings. The number of allylic oxidation sites excluding steroid dienone is 1. The van der Waals surface area contributed by atoms with Crippen molar-refractivity contribution in [2.75, 3.05) is 18.0 Å². The zero-order chi connectivity index (χ0) is 17.1. The van der Waals surface area contributed by atoms with E-state index in [-0.39, 0.29) is 0 Å². The molecule has 0 unspecified atom stereocenters. The van der Waals surface area contributed by atoms with Crippen LogP contribution in [0.1, 0.15) is 18.4 Å². The standard InChI is InChI=1S/C21H21N3O/c1-2-9-16-10-3-6-13-19(16)25-21-20(24-14-7-8-15-24)22-17-11-4-5-12-18(17)23-21/h2-6,10-13H,1,7-9,14-15H2. The molecule has 0 bridgehead atoms. The number of ether oxygens (including phenoxy) is 1. The normalized spacial score (nSPS) is 14.0. The molecule has 0 saturated carbocycles. The van der Waals surface area contributed by atoms with Crippen molar-refractivity contribution in [3.63, 3.8) is 0 Å². The van der Waals surface area contributed by atoms with E-state index in [2.05, 4.69) is 17.5 Å². The lowest BCUT2D eigenvalue weighted by Crippen LogP contribution is -2.20. The van der Waals surface area contributed by atoms with E-state index in [1.54, 1.807) is 0 Å². The second-order valence-corrected chi connectivity index (χ2v) is 6.24. The van der Waals surface area contributed by atoms with Crippen molar-refractivity contribution in [3.05, 3.63) is 66.7 Å². The number of para-hydroxylation sites is 3. The minimum absolute atomic E-state index is 0.581. The highest BCUT2D eigenvalue weighted by atomic mass is 16.5. The van der Waals surface area contributed by atoms with Gasteiger partial charge in [-0.3, -0.25) is 0 Å². The van der Waals surface area contributed by atoms with Crippen molar-refractivity contribution in [1.29, 1.82) is 0 Å². The molecule has 3 aromatic rings. The topological polar surface area (TPSA) is 38.3 Å². The van der Waals surface area contributed by atoms with Gasteiger partial charge < -0.3 is 9.64 Å². The highest BCUT2D eigenvalue weighted by Crippen LogP contribution is 2.34. The summed E-state index contributed by atoms with van der Waals surface area (Å²) in [5.41, 5.74) is 2.85. The average Bonchev–Trinajstić information content (AvgIpc) is 3.17. The third kappa shape index (κ3) is 3.20. The van der Waals surface area contributed by atoms with E-state index in [4.69, 9.17) is 14.7 Å². The first kappa shape index (κ1) is 15.6. The van der Waals surface area contributed by atoms with Crippen LogP contribution in [-0.2, 0) is 6.42 Å². The van der Waals surface area contributed by atoms with Gasteiger partial charge in [0.1, 0.15) is 5.75 Å². The number of aromatic nitrogens is 2. The third-order valence-corrected chi connectivity index (χ3v) is 4.47. The summed E-state index contributed by atoms with van der Waals surface area (Å²) in [6.07, 6.45) is 5.01. The number of nitrogens with zero attached hydrogens (tertiary/aromatic N) is 3. The van der Waals surface area contributed by atoms with E-state index in [9.17, 15) is 0 Å². The van der Waals surface area contributed by atoms with Crippen LogP contribution in [0.3, 0.4) is 0 Å². The average molecular weight is 331 g/mol. The summed E-state index contributed by atoms with van der Waals surface area (Å²) in [6.45, 7) is 5.83. The first-order valence-corrected chi connectivity index (χ1v) is 8.73. The van der Waals surface area contributed by atoms with Gasteiger partial charge in [-0.05, 0) is 43.0 Å². The lowest BCUT2D eigenvalue weighted by Gasteiger charge is -2.20. The second kappa shape index (κ2) is 6.93. The molecule has 1 fully saturated rings. The molecule has 0 radical (unpaired) electrons. The Hall–Kier alpha value is -2.88. The molecule has 0 amide bonds. The molecule has 2 heterocycles. The zero-order valence-corrected chi connectivity index (χ0v) is 14.2. The van der Waals surface area contributed by atoms with Crippen molar-refractivity contribution >= 4 is 16.9 Å². The first-order chi connectivity index (χ1) is 12.3. The maximum Gasteiger partial charge on any atom is 0.263 e. The summed E-state index contributed by atoms with van der Waals surface area (Å²) < 4.78 is 6.25. The summed E-state index contributed by atoms with van der Waals surface area (Å²) in [4.78, 5) is 11.9. The number of benzene rings is 2. The molecule has 0 spiro atoms. The molecular formula is C21H21N3O. The number of fused-ring (bicyclic) bond motifs is 1. The van der Waals surface area contributed by atoms with Gasteiger partial charge >= 0.3 is 0 Å². The molecule has 2 aromatic carbocycles. The summed E-state index contributed by atoms with van der Waals surface area (Å²) in [5, 5.41) is 0. The number of hydrogen-bond donors (Lipinski definition) is 0. The minimum Gasteiger partial charge on any atom is -0.436 e. The predicted octanol–water partition coefficient (Wildman–Crippen LogP) is 4.75. The van der Waals surface area contributed by atoms with Crippen LogP contribution < -0.4 is 9.64 Å². The molecule has 0 atom stereocenters. The van der Waals surface area contributed by atoms with Crippen LogP contribution in [0.15, 0.2) is 61.2 Å². The van der Waals surface area contributed by atoms with E-state index < -0.39 is 0 Å². The quantitative estimate of drug-likeness (QED) is 0.632. The monoisotopic (exact) mass is 331 g/mol. The van der Waals surface area contributed by atoms with Crippen LogP contribution in [-0.4, -0.2) is 23.1 Å². The maximum atomic E-state index is 6.25. The van der Waals surface area contributed by atoms with Crippen LogP contribution >= 0.6 is 0 Å². The molecular weight excluding hydrogens is 310 g/mol. The molecule has 4 heteroatoms. The number of rotatable bonds is 5. The molecule has 1 aromatic heterocycles. The number of hydrogen-bond acceptors (Lipinski definition) is 4. The Kier molecular flexibility index (Phi) is 4.34. The summed E-state index contributed by atoms with van der Waals surface area (Å²) in [6, 6.07) is 16.0. The van der Waals surface area contributed by atoms with Crippen molar-refractivity contribution in [3.8, 4) is 11.6 Å². The molecule has 4 nitrogen and oxygen atoms in total. The van der Waals surface area contributed by atoms with Gasteiger partial charge in [-0.15, -0.1) is 6.58 Å². The molecule has 1 aliphatic heterocycles. The highest BCUT2D eigenvalue weighted by molar-refractivity contribution is 5.77. The minimum atomic E-state index is 0.581. The first-order valence-electron chi connectivity index (χ1n) is 8.73. The van der Waals surface area contributed by atoms with Crippen molar-refractivity contribution in [2.24, 2.45) is 0 Å². The second-order valence-electron chi connectivity index (χ2n) is 6.24. The van der Waals surface area contributed by atoms with Gasteiger partial charge in [0.2, 0.25) is 0 Å². The van der Waals surface area contributed by atoms with Crippen molar-refractivity contribution in [2.45, 2.75) is 19.3 Å². The largest absolute Gasteiger partial charge is 0.436 e. The van der Waals surface area contributed by atoms with Crippen molar-refractivity contribution in [1.82, 2.24) is 9.97 Å². The SMILES string of the molecule is C=CCc1ccccc1Oc1nc2ccccc2nc1N1CCCC1. The van der Waals surface area contributed by atoms with Gasteiger partial charge in [0.05, 0.1) is 11.0 Å². The van der Waals surface area contributed by atoms with Gasteiger partial charge in [-0.25, -0.2) is 9.97 Å². The molecule has 1 saturated heterocycles. The zero-order valence-electron chi connectivity index (χ0n) is 14.2. The van der Waals surface area contributed by atoms with E-state index in [1.807, 2.05) is 48.5 Å². The van der Waals surface area contributed by atoms with Crippen LogP contribution in [0, 0.1) is 0 Å². The highest BCUT2D eigenvalue weighted by Gasteiger charge is 2.21. The summed E-state index contributed by atoms with van der Waals surface area (Å²) in [7, 11) is 0. The Morgan fingerprint density at radius 3 is 2.40 bits per heavy atom. The molecule has 126 valence electrons. The van der Waals surface area contributed by atoms with Gasteiger partial charge in [-0.1, -0.05) is 36.4 Å². The third-order valence-electron chi connectivity index (χ3n) is 4.47. The Morgan fingerprint density at radius 2 is 1.64 bits per heavy atom. The number of anilines is 1. The lowest BCUT2D eigenvalue weighted by atomic mass is 10.1. The predicted molar refractivity (Wildman–Crippen MR) is 101 cm³/mol. The Morgan fingerprint density at radius 1 is 0.960 bits per heavy atom.